The Bertz CT molecular complexity index is 616. The van der Waals surface area contributed by atoms with Gasteiger partial charge in [0, 0.05) is 0 Å². The number of hydrogen-bond acceptors (Lipinski definition) is 9. The van der Waals surface area contributed by atoms with Crippen LogP contribution in [0.4, 0.5) is 0 Å². The number of amides is 3. The Morgan fingerprint density at radius 3 is 1.73 bits per heavy atom. The first-order valence-electron chi connectivity index (χ1n) is 9.10. The van der Waals surface area contributed by atoms with Gasteiger partial charge in [-0.15, -0.1) is 0 Å². The van der Waals surface area contributed by atoms with Crippen molar-refractivity contribution in [1.82, 2.24) is 16.0 Å². The highest BCUT2D eigenvalue weighted by Gasteiger charge is 2.30. The van der Waals surface area contributed by atoms with Crippen LogP contribution in [0.2, 0.25) is 0 Å². The van der Waals surface area contributed by atoms with Crippen LogP contribution < -0.4 is 27.4 Å². The fraction of sp³-hybridized carbons (Fsp3) is 0.688. The molecule has 30 heavy (non-hydrogen) atoms. The van der Waals surface area contributed by atoms with Gasteiger partial charge in [0.05, 0.1) is 25.7 Å². The van der Waals surface area contributed by atoms with E-state index in [2.05, 4.69) is 5.32 Å². The summed E-state index contributed by atoms with van der Waals surface area (Å²) in [6.45, 7) is -1.49. The van der Waals surface area contributed by atoms with Crippen LogP contribution in [0.1, 0.15) is 25.7 Å². The summed E-state index contributed by atoms with van der Waals surface area (Å²) in [4.78, 5) is 58.4. The van der Waals surface area contributed by atoms with E-state index in [-0.39, 0.29) is 6.42 Å². The molecule has 0 rings (SSSR count). The summed E-state index contributed by atoms with van der Waals surface area (Å²) in [5.74, 6) is -6.00. The number of unbranched alkanes of at least 4 members (excludes halogenated alkanes) is 1. The number of nitrogens with two attached hydrogens (primary N) is 2. The Labute approximate surface area is 172 Å². The third-order valence-electron chi connectivity index (χ3n) is 3.93. The second-order valence-corrected chi connectivity index (χ2v) is 6.38. The second-order valence-electron chi connectivity index (χ2n) is 6.38. The van der Waals surface area contributed by atoms with Crippen molar-refractivity contribution in [2.45, 2.75) is 49.9 Å². The van der Waals surface area contributed by atoms with Crippen LogP contribution in [-0.2, 0) is 24.0 Å². The summed E-state index contributed by atoms with van der Waals surface area (Å²) < 4.78 is 0. The van der Waals surface area contributed by atoms with Crippen molar-refractivity contribution >= 4 is 29.7 Å². The summed E-state index contributed by atoms with van der Waals surface area (Å²) in [5.41, 5.74) is 11.0. The van der Waals surface area contributed by atoms with Gasteiger partial charge in [-0.1, -0.05) is 6.42 Å². The van der Waals surface area contributed by atoms with E-state index >= 15 is 0 Å². The van der Waals surface area contributed by atoms with Crippen molar-refractivity contribution in [3.05, 3.63) is 0 Å². The van der Waals surface area contributed by atoms with E-state index in [1.54, 1.807) is 0 Å². The Balaban J connectivity index is 5.10. The van der Waals surface area contributed by atoms with Crippen LogP contribution in [0.3, 0.4) is 0 Å². The first-order chi connectivity index (χ1) is 14.1. The molecule has 0 spiro atoms. The average Bonchev–Trinajstić information content (AvgIpc) is 2.68. The van der Waals surface area contributed by atoms with Crippen LogP contribution >= 0.6 is 0 Å². The minimum absolute atomic E-state index is 0.254. The number of nitrogens with one attached hydrogen (secondary N) is 3. The van der Waals surface area contributed by atoms with Crippen molar-refractivity contribution in [3.8, 4) is 0 Å². The van der Waals surface area contributed by atoms with Gasteiger partial charge in [0.1, 0.15) is 18.1 Å². The Morgan fingerprint density at radius 2 is 1.27 bits per heavy atom. The van der Waals surface area contributed by atoms with E-state index in [0.717, 1.165) is 0 Å². The highest BCUT2D eigenvalue weighted by molar-refractivity contribution is 5.95. The Hall–Kier alpha value is -2.81. The van der Waals surface area contributed by atoms with E-state index in [4.69, 9.17) is 26.8 Å². The average molecular weight is 435 g/mol. The van der Waals surface area contributed by atoms with Gasteiger partial charge in [0.15, 0.2) is 0 Å². The SMILES string of the molecule is NCCCCC(N)C(=O)NC(CC(=O)O)C(=O)NC(CO)C(=O)NC(CO)C(=O)O. The van der Waals surface area contributed by atoms with Crippen molar-refractivity contribution in [1.29, 1.82) is 0 Å². The van der Waals surface area contributed by atoms with Crippen molar-refractivity contribution < 1.29 is 44.4 Å². The van der Waals surface area contributed by atoms with Gasteiger partial charge in [0.2, 0.25) is 17.7 Å². The quantitative estimate of drug-likeness (QED) is 0.111. The number of rotatable bonds is 15. The Kier molecular flexibility index (Phi) is 12.9. The van der Waals surface area contributed by atoms with Crippen LogP contribution in [0.25, 0.3) is 0 Å². The summed E-state index contributed by atoms with van der Waals surface area (Å²) in [7, 11) is 0. The zero-order valence-electron chi connectivity index (χ0n) is 16.2. The highest BCUT2D eigenvalue weighted by atomic mass is 16.4. The van der Waals surface area contributed by atoms with Crippen molar-refractivity contribution in [2.75, 3.05) is 19.8 Å². The molecule has 0 bridgehead atoms. The minimum atomic E-state index is -1.68. The van der Waals surface area contributed by atoms with E-state index < -0.39 is 73.5 Å². The first kappa shape index (κ1) is 27.2. The molecule has 0 saturated heterocycles. The maximum absolute atomic E-state index is 12.4. The molecule has 14 nitrogen and oxygen atoms in total. The van der Waals surface area contributed by atoms with Crippen LogP contribution in [0.15, 0.2) is 0 Å². The molecular weight excluding hydrogens is 406 g/mol. The zero-order chi connectivity index (χ0) is 23.3. The molecule has 0 aromatic heterocycles. The summed E-state index contributed by atoms with van der Waals surface area (Å²) in [6.07, 6.45) is 0.590. The number of carboxylic acid groups (broad SMARTS) is 2. The molecule has 0 aromatic carbocycles. The molecule has 4 atom stereocenters. The van der Waals surface area contributed by atoms with E-state index in [1.165, 1.54) is 0 Å². The van der Waals surface area contributed by atoms with E-state index in [9.17, 15) is 29.1 Å². The molecule has 172 valence electrons. The normalized spacial score (nSPS) is 14.7. The molecule has 0 aromatic rings. The molecule has 4 unspecified atom stereocenters. The number of aliphatic hydroxyl groups excluding tert-OH is 2. The topological polar surface area (TPSA) is 254 Å². The maximum atomic E-state index is 12.4. The smallest absolute Gasteiger partial charge is 0.328 e. The van der Waals surface area contributed by atoms with Gasteiger partial charge in [-0.25, -0.2) is 4.79 Å². The molecule has 0 radical (unpaired) electrons. The lowest BCUT2D eigenvalue weighted by Gasteiger charge is -2.23. The number of aliphatic carboxylic acids is 2. The lowest BCUT2D eigenvalue weighted by Crippen LogP contribution is -2.58. The van der Waals surface area contributed by atoms with Crippen LogP contribution in [0, 0.1) is 0 Å². The summed E-state index contributed by atoms with van der Waals surface area (Å²) >= 11 is 0. The van der Waals surface area contributed by atoms with E-state index in [1.807, 2.05) is 10.6 Å². The van der Waals surface area contributed by atoms with Gasteiger partial charge >= 0.3 is 11.9 Å². The van der Waals surface area contributed by atoms with Crippen molar-refractivity contribution in [3.63, 3.8) is 0 Å². The molecular formula is C16H29N5O9. The van der Waals surface area contributed by atoms with Crippen molar-refractivity contribution in [2.24, 2.45) is 11.5 Å². The zero-order valence-corrected chi connectivity index (χ0v) is 16.2. The van der Waals surface area contributed by atoms with Gasteiger partial charge in [-0.05, 0) is 19.4 Å². The maximum Gasteiger partial charge on any atom is 0.328 e. The fourth-order valence-corrected chi connectivity index (χ4v) is 2.23. The third-order valence-corrected chi connectivity index (χ3v) is 3.93. The Morgan fingerprint density at radius 1 is 0.767 bits per heavy atom. The number of carboxylic acids is 2. The largest absolute Gasteiger partial charge is 0.481 e. The molecule has 0 aliphatic rings. The highest BCUT2D eigenvalue weighted by Crippen LogP contribution is 2.01. The van der Waals surface area contributed by atoms with Crippen LogP contribution in [0.5, 0.6) is 0 Å². The van der Waals surface area contributed by atoms with E-state index in [0.29, 0.717) is 19.4 Å². The third kappa shape index (κ3) is 10.1. The lowest BCUT2D eigenvalue weighted by atomic mass is 10.1. The molecule has 0 heterocycles. The predicted octanol–water partition coefficient (Wildman–Crippen LogP) is -4.56. The molecule has 3 amide bonds. The monoisotopic (exact) mass is 435 g/mol. The molecule has 14 heteroatoms. The van der Waals surface area contributed by atoms with Crippen LogP contribution in [-0.4, -0.2) is 94.0 Å². The summed E-state index contributed by atoms with van der Waals surface area (Å²) in [5, 5.41) is 42.1. The number of aliphatic hydroxyl groups is 2. The van der Waals surface area contributed by atoms with Gasteiger partial charge in [-0.2, -0.15) is 0 Å². The number of carbonyl (C=O) groups is 5. The molecule has 0 saturated carbocycles. The number of carbonyl (C=O) groups excluding carboxylic acids is 3. The standard InChI is InChI=1S/C16H29N5O9/c17-4-2-1-3-8(18)13(26)19-9(5-12(24)25)14(27)20-10(6-22)15(28)21-11(7-23)16(29)30/h8-11,22-23H,1-7,17-18H2,(H,19,26)(H,20,27)(H,21,28)(H,24,25)(H,29,30). The number of hydrogen-bond donors (Lipinski definition) is 9. The predicted molar refractivity (Wildman–Crippen MR) is 101 cm³/mol. The molecule has 0 aliphatic carbocycles. The molecule has 0 aliphatic heterocycles. The van der Waals surface area contributed by atoms with Gasteiger partial charge in [-0.3, -0.25) is 19.2 Å². The molecule has 11 N–H and O–H groups in total. The van der Waals surface area contributed by atoms with Gasteiger partial charge < -0.3 is 47.8 Å². The second kappa shape index (κ2) is 14.2. The minimum Gasteiger partial charge on any atom is -0.481 e. The first-order valence-corrected chi connectivity index (χ1v) is 9.10. The summed E-state index contributed by atoms with van der Waals surface area (Å²) in [6, 6.07) is -5.95. The van der Waals surface area contributed by atoms with Gasteiger partial charge in [0.25, 0.3) is 0 Å². The lowest BCUT2D eigenvalue weighted by molar-refractivity contribution is -0.144. The molecule has 0 fully saturated rings. The fourth-order valence-electron chi connectivity index (χ4n) is 2.23.